The second kappa shape index (κ2) is 3.04. The lowest BCUT2D eigenvalue weighted by Crippen LogP contribution is -2.17. The lowest BCUT2D eigenvalue weighted by molar-refractivity contribution is 0.353. The Kier molecular flexibility index (Phi) is 1.85. The van der Waals surface area contributed by atoms with Crippen LogP contribution in [0.1, 0.15) is 12.8 Å². The fraction of sp³-hybridized carbons (Fsp3) is 0.300. The van der Waals surface area contributed by atoms with E-state index in [2.05, 4.69) is 4.98 Å². The number of rotatable bonds is 1. The number of nitrogens with zero attached hydrogens (tertiary/aromatic N) is 1. The number of hydrogen-bond acceptors (Lipinski definition) is 4. The molecule has 16 heavy (non-hydrogen) atoms. The number of ether oxygens (including phenoxy) is 1. The van der Waals surface area contributed by atoms with Gasteiger partial charge < -0.3 is 4.74 Å². The molecule has 0 radical (unpaired) electrons. The molecule has 0 aromatic carbocycles. The van der Waals surface area contributed by atoms with E-state index in [0.29, 0.717) is 0 Å². The van der Waals surface area contributed by atoms with Gasteiger partial charge in [-0.15, -0.1) is 0 Å². The van der Waals surface area contributed by atoms with Crippen molar-refractivity contribution in [2.24, 2.45) is 5.92 Å². The lowest BCUT2D eigenvalue weighted by atomic mass is 10.3. The molecule has 2 heterocycles. The molecule has 84 valence electrons. The molecule has 2 aliphatic rings. The minimum absolute atomic E-state index is 0.0551. The minimum atomic E-state index is -4.10. The molecule has 0 atom stereocenters. The molecular formula is C10H8FNO3S. The van der Waals surface area contributed by atoms with Crippen LogP contribution < -0.4 is 4.74 Å². The van der Waals surface area contributed by atoms with E-state index >= 15 is 0 Å². The Morgan fingerprint density at radius 3 is 2.88 bits per heavy atom. The van der Waals surface area contributed by atoms with E-state index in [1.54, 1.807) is 6.07 Å². The first-order valence-corrected chi connectivity index (χ1v) is 6.36. The molecule has 1 fully saturated rings. The van der Waals surface area contributed by atoms with Crippen LogP contribution in [0.4, 0.5) is 4.39 Å². The van der Waals surface area contributed by atoms with Crippen LogP contribution in [0.15, 0.2) is 34.3 Å². The molecule has 1 saturated carbocycles. The van der Waals surface area contributed by atoms with Crippen LogP contribution in [0, 0.1) is 5.92 Å². The van der Waals surface area contributed by atoms with Crippen molar-refractivity contribution in [3.63, 3.8) is 0 Å². The van der Waals surface area contributed by atoms with E-state index in [1.165, 1.54) is 12.3 Å². The van der Waals surface area contributed by atoms with Crippen molar-refractivity contribution in [1.29, 1.82) is 0 Å². The second-order valence-electron chi connectivity index (χ2n) is 3.82. The van der Waals surface area contributed by atoms with Crippen molar-refractivity contribution >= 4 is 9.84 Å². The van der Waals surface area contributed by atoms with E-state index < -0.39 is 15.0 Å². The standard InChI is InChI=1S/C10H8FNO3S/c11-9-8(6-3-4-6)15-7-2-1-5-12-10(7)16(9,13)14/h1-2,5-6H,3-4H2. The molecule has 1 aliphatic carbocycles. The van der Waals surface area contributed by atoms with Crippen LogP contribution >= 0.6 is 0 Å². The van der Waals surface area contributed by atoms with Crippen LogP contribution in [0.5, 0.6) is 5.75 Å². The molecule has 0 saturated heterocycles. The van der Waals surface area contributed by atoms with Crippen LogP contribution in [-0.2, 0) is 9.84 Å². The van der Waals surface area contributed by atoms with E-state index in [1.807, 2.05) is 0 Å². The third kappa shape index (κ3) is 1.26. The molecule has 0 N–H and O–H groups in total. The van der Waals surface area contributed by atoms with Gasteiger partial charge in [-0.3, -0.25) is 0 Å². The maximum absolute atomic E-state index is 13.7. The number of hydrogen-bond donors (Lipinski definition) is 0. The maximum Gasteiger partial charge on any atom is 0.259 e. The molecule has 1 aliphatic heterocycles. The Hall–Kier alpha value is -1.43. The predicted octanol–water partition coefficient (Wildman–Crippen LogP) is 1.80. The topological polar surface area (TPSA) is 56.3 Å². The van der Waals surface area contributed by atoms with Gasteiger partial charge in [0.25, 0.3) is 15.0 Å². The van der Waals surface area contributed by atoms with Gasteiger partial charge in [-0.1, -0.05) is 0 Å². The zero-order valence-corrected chi connectivity index (χ0v) is 9.00. The summed E-state index contributed by atoms with van der Waals surface area (Å²) in [6.07, 6.45) is 2.84. The maximum atomic E-state index is 13.7. The SMILES string of the molecule is O=S1(=O)C(F)=C(C2CC2)Oc2cccnc21. The average molecular weight is 241 g/mol. The number of allylic oxidation sites excluding steroid dienone is 1. The summed E-state index contributed by atoms with van der Waals surface area (Å²) in [5.74, 6) is -0.0329. The van der Waals surface area contributed by atoms with Crippen molar-refractivity contribution in [3.05, 3.63) is 29.2 Å². The molecule has 6 heteroatoms. The summed E-state index contributed by atoms with van der Waals surface area (Å²) in [4.78, 5) is 3.65. The Balaban J connectivity index is 2.23. The second-order valence-corrected chi connectivity index (χ2v) is 5.58. The van der Waals surface area contributed by atoms with Crippen LogP contribution in [0.3, 0.4) is 0 Å². The molecule has 1 aromatic heterocycles. The summed E-state index contributed by atoms with van der Waals surface area (Å²) >= 11 is 0. The number of pyridine rings is 1. The number of sulfone groups is 1. The van der Waals surface area contributed by atoms with Crippen LogP contribution in [0.25, 0.3) is 0 Å². The highest BCUT2D eigenvalue weighted by molar-refractivity contribution is 7.95. The largest absolute Gasteiger partial charge is 0.455 e. The quantitative estimate of drug-likeness (QED) is 0.752. The van der Waals surface area contributed by atoms with Gasteiger partial charge in [-0.25, -0.2) is 13.4 Å². The zero-order valence-electron chi connectivity index (χ0n) is 8.18. The predicted molar refractivity (Wildman–Crippen MR) is 52.9 cm³/mol. The molecular weight excluding hydrogens is 233 g/mol. The summed E-state index contributed by atoms with van der Waals surface area (Å²) < 4.78 is 42.5. The van der Waals surface area contributed by atoms with E-state index in [9.17, 15) is 12.8 Å². The van der Waals surface area contributed by atoms with Gasteiger partial charge in [0.15, 0.2) is 11.5 Å². The van der Waals surface area contributed by atoms with Crippen LogP contribution in [0.2, 0.25) is 0 Å². The highest BCUT2D eigenvalue weighted by atomic mass is 32.2. The van der Waals surface area contributed by atoms with Gasteiger partial charge in [-0.05, 0) is 25.0 Å². The summed E-state index contributed by atoms with van der Waals surface area (Å²) in [6.45, 7) is 0. The minimum Gasteiger partial charge on any atom is -0.455 e. The smallest absolute Gasteiger partial charge is 0.259 e. The Labute approximate surface area is 91.7 Å². The zero-order chi connectivity index (χ0) is 11.3. The van der Waals surface area contributed by atoms with E-state index in [-0.39, 0.29) is 22.5 Å². The van der Waals surface area contributed by atoms with Gasteiger partial charge in [0, 0.05) is 12.1 Å². The Bertz CT molecular complexity index is 590. The first kappa shape index (κ1) is 9.77. The van der Waals surface area contributed by atoms with Crippen molar-refractivity contribution < 1.29 is 17.5 Å². The van der Waals surface area contributed by atoms with Crippen molar-refractivity contribution in [2.75, 3.05) is 0 Å². The first-order chi connectivity index (χ1) is 7.60. The highest BCUT2D eigenvalue weighted by Crippen LogP contribution is 2.45. The summed E-state index contributed by atoms with van der Waals surface area (Å²) in [5.41, 5.74) is 0. The van der Waals surface area contributed by atoms with Crippen molar-refractivity contribution in [1.82, 2.24) is 4.98 Å². The van der Waals surface area contributed by atoms with Gasteiger partial charge in [-0.2, -0.15) is 4.39 Å². The third-order valence-electron chi connectivity index (χ3n) is 2.59. The van der Waals surface area contributed by atoms with Crippen molar-refractivity contribution in [3.8, 4) is 5.75 Å². The number of halogens is 1. The average Bonchev–Trinajstić information content (AvgIpc) is 3.08. The fourth-order valence-electron chi connectivity index (χ4n) is 1.62. The van der Waals surface area contributed by atoms with E-state index in [4.69, 9.17) is 4.74 Å². The first-order valence-electron chi connectivity index (χ1n) is 4.88. The number of aromatic nitrogens is 1. The van der Waals surface area contributed by atoms with Crippen LogP contribution in [-0.4, -0.2) is 13.4 Å². The van der Waals surface area contributed by atoms with Gasteiger partial charge >= 0.3 is 0 Å². The normalized spacial score (nSPS) is 22.6. The number of fused-ring (bicyclic) bond motifs is 1. The van der Waals surface area contributed by atoms with Gasteiger partial charge in [0.2, 0.25) is 5.03 Å². The van der Waals surface area contributed by atoms with Gasteiger partial charge in [0.05, 0.1) is 0 Å². The van der Waals surface area contributed by atoms with E-state index in [0.717, 1.165) is 12.8 Å². The Morgan fingerprint density at radius 2 is 2.19 bits per heavy atom. The summed E-state index contributed by atoms with van der Waals surface area (Å²) in [5, 5.41) is -1.52. The monoisotopic (exact) mass is 241 g/mol. The fourth-order valence-corrected chi connectivity index (χ4v) is 2.84. The molecule has 1 aromatic rings. The molecule has 0 spiro atoms. The molecule has 0 amide bonds. The third-order valence-corrected chi connectivity index (χ3v) is 4.08. The lowest BCUT2D eigenvalue weighted by Gasteiger charge is -2.18. The summed E-state index contributed by atoms with van der Waals surface area (Å²) in [7, 11) is -4.10. The Morgan fingerprint density at radius 1 is 1.44 bits per heavy atom. The summed E-state index contributed by atoms with van der Waals surface area (Å²) in [6, 6.07) is 3.04. The van der Waals surface area contributed by atoms with Crippen molar-refractivity contribution in [2.45, 2.75) is 17.9 Å². The molecule has 0 bridgehead atoms. The van der Waals surface area contributed by atoms with Gasteiger partial charge in [0.1, 0.15) is 0 Å². The molecule has 3 rings (SSSR count). The highest BCUT2D eigenvalue weighted by Gasteiger charge is 2.42. The molecule has 4 nitrogen and oxygen atoms in total. The molecule has 0 unspecified atom stereocenters.